The van der Waals surface area contributed by atoms with E-state index in [-0.39, 0.29) is 17.4 Å². The summed E-state index contributed by atoms with van der Waals surface area (Å²) in [5.41, 5.74) is 0.425. The van der Waals surface area contributed by atoms with Gasteiger partial charge >= 0.3 is 0 Å². The molecule has 1 aromatic carbocycles. The van der Waals surface area contributed by atoms with Crippen LogP contribution in [0.5, 0.6) is 5.75 Å². The summed E-state index contributed by atoms with van der Waals surface area (Å²) < 4.78 is 5.14. The van der Waals surface area contributed by atoms with Gasteiger partial charge in [-0.25, -0.2) is 0 Å². The van der Waals surface area contributed by atoms with Crippen LogP contribution in [0.3, 0.4) is 0 Å². The Morgan fingerprint density at radius 1 is 1.36 bits per heavy atom. The van der Waals surface area contributed by atoms with Crippen molar-refractivity contribution in [3.05, 3.63) is 35.4 Å². The highest BCUT2D eigenvalue weighted by molar-refractivity contribution is 6.02. The fourth-order valence-electron chi connectivity index (χ4n) is 2.95. The second kappa shape index (κ2) is 8.88. The molecule has 1 amide bonds. The fraction of sp³-hybridized carbons (Fsp3) is 0.421. The summed E-state index contributed by atoms with van der Waals surface area (Å²) in [6.07, 6.45) is 5.62. The number of carboxylic acid groups (broad SMARTS) is 1. The molecule has 132 valence electrons. The van der Waals surface area contributed by atoms with E-state index in [2.05, 4.69) is 12.2 Å². The number of hydrogen-bond donors (Lipinski definition) is 1. The van der Waals surface area contributed by atoms with Crippen LogP contribution in [0.4, 0.5) is 0 Å². The highest BCUT2D eigenvalue weighted by Gasteiger charge is 2.24. The van der Waals surface area contributed by atoms with Crippen molar-refractivity contribution in [2.24, 2.45) is 5.92 Å². The third kappa shape index (κ3) is 5.35. The number of ether oxygens (including phenoxy) is 1. The van der Waals surface area contributed by atoms with E-state index in [1.54, 1.807) is 24.3 Å². The van der Waals surface area contributed by atoms with Gasteiger partial charge in [0.1, 0.15) is 24.0 Å². The minimum absolute atomic E-state index is 0.0396. The average Bonchev–Trinajstić information content (AvgIpc) is 2.60. The zero-order valence-electron chi connectivity index (χ0n) is 14.2. The van der Waals surface area contributed by atoms with Gasteiger partial charge in [0.25, 0.3) is 5.91 Å². The number of hydrogen-bond acceptors (Lipinski definition) is 5. The van der Waals surface area contributed by atoms with Crippen molar-refractivity contribution in [2.75, 3.05) is 6.61 Å². The normalized spacial score (nSPS) is 20.4. The fourth-order valence-corrected chi connectivity index (χ4v) is 2.95. The molecule has 0 spiro atoms. The number of nitrogens with zero attached hydrogens (tertiary/aromatic N) is 1. The third-order valence-electron chi connectivity index (χ3n) is 4.36. The van der Waals surface area contributed by atoms with Crippen LogP contribution in [-0.4, -0.2) is 24.5 Å². The minimum atomic E-state index is -1.34. The van der Waals surface area contributed by atoms with E-state index in [1.165, 1.54) is 6.08 Å². The molecule has 25 heavy (non-hydrogen) atoms. The predicted molar refractivity (Wildman–Crippen MR) is 90.1 cm³/mol. The Balaban J connectivity index is 2.15. The molecule has 0 bridgehead atoms. The van der Waals surface area contributed by atoms with Crippen LogP contribution < -0.4 is 15.2 Å². The lowest BCUT2D eigenvalue weighted by Gasteiger charge is -2.29. The number of amides is 1. The number of rotatable bonds is 6. The van der Waals surface area contributed by atoms with Crippen LogP contribution in [0.2, 0.25) is 0 Å². The number of carbonyl (C=O) groups excluding carboxylic acids is 2. The predicted octanol–water partition coefficient (Wildman–Crippen LogP) is 1.42. The topological polar surface area (TPSA) is 102 Å². The first-order valence-electron chi connectivity index (χ1n) is 8.35. The van der Waals surface area contributed by atoms with Crippen molar-refractivity contribution in [1.82, 2.24) is 5.32 Å². The highest BCUT2D eigenvalue weighted by Crippen LogP contribution is 2.25. The van der Waals surface area contributed by atoms with Crippen molar-refractivity contribution in [2.45, 2.75) is 38.6 Å². The minimum Gasteiger partial charge on any atom is -0.546 e. The second-order valence-corrected chi connectivity index (χ2v) is 6.21. The highest BCUT2D eigenvalue weighted by atomic mass is 16.5. The summed E-state index contributed by atoms with van der Waals surface area (Å²) in [4.78, 5) is 23.0. The molecule has 1 saturated carbocycles. The van der Waals surface area contributed by atoms with Gasteiger partial charge in [-0.05, 0) is 30.9 Å². The van der Waals surface area contributed by atoms with E-state index < -0.39 is 18.5 Å². The number of nitriles is 1. The second-order valence-electron chi connectivity index (χ2n) is 6.21. The summed E-state index contributed by atoms with van der Waals surface area (Å²) in [7, 11) is 0. The molecule has 1 aromatic rings. The molecule has 1 aliphatic rings. The maximum Gasteiger partial charge on any atom is 0.262 e. The Hall–Kier alpha value is -2.81. The Bertz CT molecular complexity index is 706. The molecule has 0 radical (unpaired) electrons. The van der Waals surface area contributed by atoms with Crippen molar-refractivity contribution < 1.29 is 19.4 Å². The van der Waals surface area contributed by atoms with Crippen LogP contribution in [-0.2, 0) is 9.59 Å². The number of para-hydroxylation sites is 1. The first-order valence-corrected chi connectivity index (χ1v) is 8.35. The molecular weight excluding hydrogens is 320 g/mol. The quantitative estimate of drug-likeness (QED) is 0.623. The maximum absolute atomic E-state index is 12.4. The largest absolute Gasteiger partial charge is 0.546 e. The summed E-state index contributed by atoms with van der Waals surface area (Å²) in [5.74, 6) is -1.10. The van der Waals surface area contributed by atoms with E-state index in [0.717, 1.165) is 25.7 Å². The Kier molecular flexibility index (Phi) is 6.58. The molecule has 2 atom stereocenters. The van der Waals surface area contributed by atoms with Gasteiger partial charge in [-0.3, -0.25) is 4.79 Å². The van der Waals surface area contributed by atoms with Crippen molar-refractivity contribution >= 4 is 18.0 Å². The zero-order chi connectivity index (χ0) is 18.2. The lowest BCUT2D eigenvalue weighted by Crippen LogP contribution is -2.41. The van der Waals surface area contributed by atoms with Gasteiger partial charge in [-0.1, -0.05) is 38.0 Å². The molecule has 1 fully saturated rings. The summed E-state index contributed by atoms with van der Waals surface area (Å²) in [6.45, 7) is 1.50. The zero-order valence-corrected chi connectivity index (χ0v) is 14.2. The molecule has 1 aliphatic carbocycles. The van der Waals surface area contributed by atoms with Gasteiger partial charge in [0.15, 0.2) is 0 Å². The summed E-state index contributed by atoms with van der Waals surface area (Å²) in [5, 5.41) is 22.8. The molecular formula is C19H21N2O4-. The van der Waals surface area contributed by atoms with E-state index in [0.29, 0.717) is 11.5 Å². The first-order chi connectivity index (χ1) is 12.0. The molecule has 6 heteroatoms. The molecule has 0 heterocycles. The molecule has 0 unspecified atom stereocenters. The monoisotopic (exact) mass is 341 g/mol. The molecule has 0 saturated heterocycles. The number of carboxylic acids is 1. The smallest absolute Gasteiger partial charge is 0.262 e. The van der Waals surface area contributed by atoms with Gasteiger partial charge in [-0.15, -0.1) is 0 Å². The van der Waals surface area contributed by atoms with Gasteiger partial charge < -0.3 is 20.0 Å². The van der Waals surface area contributed by atoms with E-state index in [9.17, 15) is 20.0 Å². The number of benzene rings is 1. The number of nitrogens with one attached hydrogen (secondary N) is 1. The maximum atomic E-state index is 12.4. The summed E-state index contributed by atoms with van der Waals surface area (Å²) >= 11 is 0. The lowest BCUT2D eigenvalue weighted by molar-refractivity contribution is -0.307. The van der Waals surface area contributed by atoms with Crippen LogP contribution in [0, 0.1) is 17.2 Å². The van der Waals surface area contributed by atoms with Crippen molar-refractivity contribution in [3.63, 3.8) is 0 Å². The molecule has 0 aromatic heterocycles. The third-order valence-corrected chi connectivity index (χ3v) is 4.36. The van der Waals surface area contributed by atoms with Gasteiger partial charge in [0, 0.05) is 11.6 Å². The number of carbonyl (C=O) groups is 2. The Morgan fingerprint density at radius 2 is 2.08 bits per heavy atom. The Labute approximate surface area is 147 Å². The van der Waals surface area contributed by atoms with Crippen LogP contribution in [0.15, 0.2) is 29.8 Å². The van der Waals surface area contributed by atoms with Gasteiger partial charge in [-0.2, -0.15) is 5.26 Å². The molecule has 0 aliphatic heterocycles. The van der Waals surface area contributed by atoms with Crippen molar-refractivity contribution in [3.8, 4) is 11.8 Å². The standard InChI is InChI=1S/C19H22N2O4/c1-13-6-2-4-8-16(13)21-19(24)15(11-20)10-14-7-3-5-9-17(14)25-12-18(22)23/h3,5,7,9-10,13,16H,2,4,6,8,12H2,1H3,(H,21,24)(H,22,23)/p-1/b15-10+/t13-,16+/m0/s1. The molecule has 2 rings (SSSR count). The lowest BCUT2D eigenvalue weighted by atomic mass is 9.86. The number of aliphatic carboxylic acids is 1. The first kappa shape index (κ1) is 18.5. The van der Waals surface area contributed by atoms with Crippen LogP contribution >= 0.6 is 0 Å². The van der Waals surface area contributed by atoms with Crippen LogP contribution in [0.25, 0.3) is 6.08 Å². The van der Waals surface area contributed by atoms with Crippen molar-refractivity contribution in [1.29, 1.82) is 5.26 Å². The summed E-state index contributed by atoms with van der Waals surface area (Å²) in [6, 6.07) is 8.60. The Morgan fingerprint density at radius 3 is 2.76 bits per heavy atom. The van der Waals surface area contributed by atoms with E-state index >= 15 is 0 Å². The van der Waals surface area contributed by atoms with Gasteiger partial charge in [0.2, 0.25) is 0 Å². The van der Waals surface area contributed by atoms with E-state index in [1.807, 2.05) is 6.07 Å². The van der Waals surface area contributed by atoms with Crippen LogP contribution in [0.1, 0.15) is 38.2 Å². The van der Waals surface area contributed by atoms with E-state index in [4.69, 9.17) is 4.74 Å². The SMILES string of the molecule is C[C@H]1CCCC[C@H]1NC(=O)/C(C#N)=C/c1ccccc1OCC(=O)[O-]. The van der Waals surface area contributed by atoms with Gasteiger partial charge in [0.05, 0.1) is 5.97 Å². The molecule has 1 N–H and O–H groups in total. The molecule has 6 nitrogen and oxygen atoms in total. The average molecular weight is 341 g/mol.